The lowest BCUT2D eigenvalue weighted by Crippen LogP contribution is -2.53. The van der Waals surface area contributed by atoms with Crippen LogP contribution in [0.1, 0.15) is 33.3 Å². The van der Waals surface area contributed by atoms with E-state index < -0.39 is 11.6 Å². The van der Waals surface area contributed by atoms with E-state index in [-0.39, 0.29) is 30.8 Å². The van der Waals surface area contributed by atoms with Crippen LogP contribution in [0.2, 0.25) is 0 Å². The van der Waals surface area contributed by atoms with Gasteiger partial charge in [-0.25, -0.2) is 4.39 Å². The Hall–Kier alpha value is -2.16. The maximum Gasteiger partial charge on any atom is 0.261 e. The average Bonchev–Trinajstić information content (AvgIpc) is 2.65. The highest BCUT2D eigenvalue weighted by Crippen LogP contribution is 2.15. The first-order valence-electron chi connectivity index (χ1n) is 9.29. The minimum atomic E-state index is -0.716. The molecule has 156 valence electrons. The molecule has 5 nitrogen and oxygen atoms in total. The van der Waals surface area contributed by atoms with Crippen molar-refractivity contribution in [1.29, 1.82) is 0 Å². The molecule has 0 aromatic heterocycles. The SMILES string of the molecule is C[C@H](C(=O)NC(C)(C)C)N(Cc1ccc(F)cc1)C(=O)COc1ccc(I)cc1. The predicted octanol–water partition coefficient (Wildman–Crippen LogP) is 4.14. The molecule has 0 unspecified atom stereocenters. The van der Waals surface area contributed by atoms with Crippen molar-refractivity contribution < 1.29 is 18.7 Å². The standard InChI is InChI=1S/C22H26FIN2O3/c1-15(21(28)25-22(2,3)4)26(13-16-5-7-17(23)8-6-16)20(27)14-29-19-11-9-18(24)10-12-19/h5-12,15H,13-14H2,1-4H3,(H,25,28)/t15-/m1/s1. The first-order valence-corrected chi connectivity index (χ1v) is 10.4. The summed E-state index contributed by atoms with van der Waals surface area (Å²) in [6, 6.07) is 12.5. The predicted molar refractivity (Wildman–Crippen MR) is 119 cm³/mol. The zero-order valence-corrected chi connectivity index (χ0v) is 19.2. The molecule has 1 N–H and O–H groups in total. The number of ether oxygens (including phenoxy) is 1. The van der Waals surface area contributed by atoms with Crippen LogP contribution >= 0.6 is 22.6 Å². The van der Waals surface area contributed by atoms with E-state index in [0.29, 0.717) is 5.75 Å². The molecule has 0 saturated heterocycles. The van der Waals surface area contributed by atoms with Crippen molar-refractivity contribution in [3.05, 3.63) is 63.5 Å². The maximum atomic E-state index is 13.2. The van der Waals surface area contributed by atoms with Gasteiger partial charge in [-0.1, -0.05) is 12.1 Å². The summed E-state index contributed by atoms with van der Waals surface area (Å²) in [5.74, 6) is -0.369. The third-order valence-corrected chi connectivity index (χ3v) is 4.83. The molecule has 0 bridgehead atoms. The normalized spacial score (nSPS) is 12.2. The molecule has 2 aromatic rings. The second-order valence-corrected chi connectivity index (χ2v) is 9.05. The summed E-state index contributed by atoms with van der Waals surface area (Å²) in [5.41, 5.74) is 0.303. The van der Waals surface area contributed by atoms with E-state index in [2.05, 4.69) is 27.9 Å². The van der Waals surface area contributed by atoms with E-state index in [4.69, 9.17) is 4.74 Å². The van der Waals surface area contributed by atoms with Crippen molar-refractivity contribution in [2.45, 2.75) is 45.8 Å². The highest BCUT2D eigenvalue weighted by atomic mass is 127. The number of hydrogen-bond acceptors (Lipinski definition) is 3. The van der Waals surface area contributed by atoms with Gasteiger partial charge in [-0.15, -0.1) is 0 Å². The van der Waals surface area contributed by atoms with Crippen molar-refractivity contribution in [1.82, 2.24) is 10.2 Å². The highest BCUT2D eigenvalue weighted by Gasteiger charge is 2.28. The largest absolute Gasteiger partial charge is 0.484 e. The molecule has 2 rings (SSSR count). The number of carbonyl (C=O) groups is 2. The molecule has 7 heteroatoms. The van der Waals surface area contributed by atoms with Gasteiger partial charge < -0.3 is 15.0 Å². The minimum Gasteiger partial charge on any atom is -0.484 e. The number of halogens is 2. The van der Waals surface area contributed by atoms with E-state index in [0.717, 1.165) is 9.13 Å². The average molecular weight is 512 g/mol. The number of nitrogens with one attached hydrogen (secondary N) is 1. The zero-order valence-electron chi connectivity index (χ0n) is 17.0. The topological polar surface area (TPSA) is 58.6 Å². The fraction of sp³-hybridized carbons (Fsp3) is 0.364. The molecule has 0 aliphatic carbocycles. The van der Waals surface area contributed by atoms with Crippen molar-refractivity contribution >= 4 is 34.4 Å². The number of hydrogen-bond donors (Lipinski definition) is 1. The summed E-state index contributed by atoms with van der Waals surface area (Å²) in [6.07, 6.45) is 0. The van der Waals surface area contributed by atoms with E-state index in [1.54, 1.807) is 31.2 Å². The van der Waals surface area contributed by atoms with Gasteiger partial charge in [0.05, 0.1) is 0 Å². The van der Waals surface area contributed by atoms with Crippen molar-refractivity contribution in [2.75, 3.05) is 6.61 Å². The lowest BCUT2D eigenvalue weighted by molar-refractivity contribution is -0.142. The molecule has 2 aromatic carbocycles. The number of carbonyl (C=O) groups excluding carboxylic acids is 2. The molecule has 0 aliphatic rings. The summed E-state index contributed by atoms with van der Waals surface area (Å²) in [5, 5.41) is 2.89. The molecule has 2 amide bonds. The van der Waals surface area contributed by atoms with Gasteiger partial charge in [-0.2, -0.15) is 0 Å². The van der Waals surface area contributed by atoms with Crippen LogP contribution in [0.4, 0.5) is 4.39 Å². The number of nitrogens with zero attached hydrogens (tertiary/aromatic N) is 1. The summed E-state index contributed by atoms with van der Waals surface area (Å²) >= 11 is 2.19. The van der Waals surface area contributed by atoms with Crippen LogP contribution in [0.25, 0.3) is 0 Å². The van der Waals surface area contributed by atoms with Crippen LogP contribution in [0.3, 0.4) is 0 Å². The van der Waals surface area contributed by atoms with Gasteiger partial charge in [0.15, 0.2) is 6.61 Å². The van der Waals surface area contributed by atoms with Crippen LogP contribution in [0.15, 0.2) is 48.5 Å². The third-order valence-electron chi connectivity index (χ3n) is 4.11. The van der Waals surface area contributed by atoms with Crippen LogP contribution in [-0.2, 0) is 16.1 Å². The Balaban J connectivity index is 2.15. The number of benzene rings is 2. The molecule has 0 heterocycles. The summed E-state index contributed by atoms with van der Waals surface area (Å²) in [4.78, 5) is 27.0. The Morgan fingerprint density at radius 3 is 2.24 bits per heavy atom. The molecule has 0 fully saturated rings. The van der Waals surface area contributed by atoms with E-state index in [9.17, 15) is 14.0 Å². The van der Waals surface area contributed by atoms with E-state index in [1.807, 2.05) is 32.9 Å². The van der Waals surface area contributed by atoms with Crippen LogP contribution in [0, 0.1) is 9.39 Å². The van der Waals surface area contributed by atoms with Gasteiger partial charge in [-0.05, 0) is 92.2 Å². The molecule has 1 atom stereocenters. The van der Waals surface area contributed by atoms with Gasteiger partial charge >= 0.3 is 0 Å². The molecular formula is C22H26FIN2O3. The Labute approximate surface area is 184 Å². The zero-order chi connectivity index (χ0) is 21.6. The van der Waals surface area contributed by atoms with Crippen molar-refractivity contribution in [2.24, 2.45) is 0 Å². The van der Waals surface area contributed by atoms with Gasteiger partial charge in [0, 0.05) is 15.7 Å². The lowest BCUT2D eigenvalue weighted by atomic mass is 10.1. The van der Waals surface area contributed by atoms with Crippen LogP contribution in [-0.4, -0.2) is 34.9 Å². The molecule has 0 saturated carbocycles. The molecule has 0 spiro atoms. The smallest absolute Gasteiger partial charge is 0.261 e. The summed E-state index contributed by atoms with van der Waals surface area (Å²) in [7, 11) is 0. The number of rotatable bonds is 7. The van der Waals surface area contributed by atoms with Gasteiger partial charge in [-0.3, -0.25) is 9.59 Å². The fourth-order valence-electron chi connectivity index (χ4n) is 2.60. The second kappa shape index (κ2) is 10.0. The van der Waals surface area contributed by atoms with Crippen LogP contribution in [0.5, 0.6) is 5.75 Å². The van der Waals surface area contributed by atoms with Gasteiger partial charge in [0.2, 0.25) is 5.91 Å². The van der Waals surface area contributed by atoms with Gasteiger partial charge in [0.25, 0.3) is 5.91 Å². The van der Waals surface area contributed by atoms with Crippen LogP contribution < -0.4 is 10.1 Å². The summed E-state index contributed by atoms with van der Waals surface area (Å²) < 4.78 is 19.9. The monoisotopic (exact) mass is 512 g/mol. The van der Waals surface area contributed by atoms with Crippen molar-refractivity contribution in [3.63, 3.8) is 0 Å². The Morgan fingerprint density at radius 1 is 1.10 bits per heavy atom. The molecule has 29 heavy (non-hydrogen) atoms. The minimum absolute atomic E-state index is 0.174. The van der Waals surface area contributed by atoms with E-state index >= 15 is 0 Å². The fourth-order valence-corrected chi connectivity index (χ4v) is 2.96. The maximum absolute atomic E-state index is 13.2. The quantitative estimate of drug-likeness (QED) is 0.568. The van der Waals surface area contributed by atoms with Gasteiger partial charge in [0.1, 0.15) is 17.6 Å². The van der Waals surface area contributed by atoms with E-state index in [1.165, 1.54) is 17.0 Å². The Bertz CT molecular complexity index is 833. The third kappa shape index (κ3) is 7.64. The Morgan fingerprint density at radius 2 is 1.69 bits per heavy atom. The Kier molecular flexibility index (Phi) is 8.01. The molecular weight excluding hydrogens is 486 g/mol. The molecule has 0 radical (unpaired) electrons. The first-order chi connectivity index (χ1) is 13.5. The highest BCUT2D eigenvalue weighted by molar-refractivity contribution is 14.1. The lowest BCUT2D eigenvalue weighted by Gasteiger charge is -2.31. The second-order valence-electron chi connectivity index (χ2n) is 7.81. The summed E-state index contributed by atoms with van der Waals surface area (Å²) in [6.45, 7) is 7.28. The van der Waals surface area contributed by atoms with Crippen molar-refractivity contribution in [3.8, 4) is 5.75 Å². The number of amides is 2. The first kappa shape index (κ1) is 23.1. The molecule has 0 aliphatic heterocycles.